The first-order chi connectivity index (χ1) is 13.0. The third-order valence-corrected chi connectivity index (χ3v) is 5.34. The lowest BCUT2D eigenvalue weighted by molar-refractivity contribution is -0.137. The van der Waals surface area contributed by atoms with Crippen LogP contribution >= 0.6 is 0 Å². The zero-order valence-electron chi connectivity index (χ0n) is 16.6. The molecule has 144 valence electrons. The minimum absolute atomic E-state index is 0.0667. The number of hydrogen-bond donors (Lipinski definition) is 0. The topological polar surface area (TPSA) is 32.8 Å². The minimum atomic E-state index is 0.0667. The fraction of sp³-hybridized carbons (Fsp3) is 0.435. The largest absolute Gasteiger partial charge is 0.484 e. The molecule has 0 spiro atoms. The van der Waals surface area contributed by atoms with Crippen molar-refractivity contribution >= 4 is 5.91 Å². The standard InChI is InChI=1S/C23H30N2O2/c1-18-9-11-22(12-10-18)27-17-23(26)24-15-19(2)25(20(3)16-24)14-13-21-7-5-4-6-8-21/h4-12,19-20H,13-17H2,1-3H3. The molecule has 1 aliphatic heterocycles. The predicted octanol–water partition coefficient (Wildman–Crippen LogP) is 3.54. The fourth-order valence-electron chi connectivity index (χ4n) is 3.77. The van der Waals surface area contributed by atoms with E-state index >= 15 is 0 Å². The number of carbonyl (C=O) groups is 1. The van der Waals surface area contributed by atoms with Gasteiger partial charge >= 0.3 is 0 Å². The van der Waals surface area contributed by atoms with Gasteiger partial charge in [-0.25, -0.2) is 0 Å². The van der Waals surface area contributed by atoms with E-state index in [2.05, 4.69) is 49.1 Å². The molecule has 4 heteroatoms. The molecule has 0 aromatic heterocycles. The van der Waals surface area contributed by atoms with Crippen molar-refractivity contribution in [3.8, 4) is 5.75 Å². The first kappa shape index (κ1) is 19.4. The quantitative estimate of drug-likeness (QED) is 0.784. The highest BCUT2D eigenvalue weighted by atomic mass is 16.5. The summed E-state index contributed by atoms with van der Waals surface area (Å²) in [5, 5.41) is 0. The molecule has 1 saturated heterocycles. The molecule has 2 unspecified atom stereocenters. The molecule has 4 nitrogen and oxygen atoms in total. The van der Waals surface area contributed by atoms with E-state index in [9.17, 15) is 4.79 Å². The average molecular weight is 367 g/mol. The van der Waals surface area contributed by atoms with Gasteiger partial charge < -0.3 is 9.64 Å². The number of amides is 1. The normalized spacial score (nSPS) is 20.5. The van der Waals surface area contributed by atoms with Gasteiger partial charge in [0.15, 0.2) is 6.61 Å². The minimum Gasteiger partial charge on any atom is -0.484 e. The summed E-state index contributed by atoms with van der Waals surface area (Å²) in [6, 6.07) is 19.1. The van der Waals surface area contributed by atoms with Gasteiger partial charge in [0.05, 0.1) is 0 Å². The molecule has 1 aliphatic rings. The first-order valence-corrected chi connectivity index (χ1v) is 9.80. The van der Waals surface area contributed by atoms with E-state index < -0.39 is 0 Å². The maximum Gasteiger partial charge on any atom is 0.260 e. The third-order valence-electron chi connectivity index (χ3n) is 5.34. The number of hydrogen-bond acceptors (Lipinski definition) is 3. The Hall–Kier alpha value is -2.33. The molecule has 2 aromatic carbocycles. The molecule has 0 bridgehead atoms. The van der Waals surface area contributed by atoms with Crippen LogP contribution in [0.2, 0.25) is 0 Å². The van der Waals surface area contributed by atoms with Crippen molar-refractivity contribution in [1.82, 2.24) is 9.80 Å². The van der Waals surface area contributed by atoms with Crippen molar-refractivity contribution < 1.29 is 9.53 Å². The van der Waals surface area contributed by atoms with Crippen molar-refractivity contribution in [1.29, 1.82) is 0 Å². The molecule has 0 aliphatic carbocycles. The molecule has 27 heavy (non-hydrogen) atoms. The lowest BCUT2D eigenvalue weighted by Gasteiger charge is -2.44. The van der Waals surface area contributed by atoms with Crippen LogP contribution in [-0.2, 0) is 11.2 Å². The summed E-state index contributed by atoms with van der Waals surface area (Å²) in [5.41, 5.74) is 2.55. The van der Waals surface area contributed by atoms with Crippen molar-refractivity contribution in [2.24, 2.45) is 0 Å². The van der Waals surface area contributed by atoms with E-state index in [1.54, 1.807) is 0 Å². The Kier molecular flexibility index (Phi) is 6.51. The molecular formula is C23H30N2O2. The molecule has 2 atom stereocenters. The smallest absolute Gasteiger partial charge is 0.260 e. The Morgan fingerprint density at radius 3 is 2.26 bits per heavy atom. The maximum absolute atomic E-state index is 12.6. The van der Waals surface area contributed by atoms with Gasteiger partial charge in [-0.15, -0.1) is 0 Å². The molecule has 1 amide bonds. The monoisotopic (exact) mass is 366 g/mol. The number of aryl methyl sites for hydroxylation is 1. The molecule has 1 heterocycles. The van der Waals surface area contributed by atoms with E-state index in [-0.39, 0.29) is 12.5 Å². The van der Waals surface area contributed by atoms with Crippen LogP contribution in [0.3, 0.4) is 0 Å². The summed E-state index contributed by atoms with van der Waals surface area (Å²) in [4.78, 5) is 17.1. The molecule has 2 aromatic rings. The highest BCUT2D eigenvalue weighted by Gasteiger charge is 2.31. The number of ether oxygens (including phenoxy) is 1. The van der Waals surface area contributed by atoms with Gasteiger partial charge in [0, 0.05) is 31.7 Å². The maximum atomic E-state index is 12.6. The predicted molar refractivity (Wildman–Crippen MR) is 109 cm³/mol. The van der Waals surface area contributed by atoms with Crippen molar-refractivity contribution in [3.63, 3.8) is 0 Å². The van der Waals surface area contributed by atoms with E-state index in [0.29, 0.717) is 12.1 Å². The first-order valence-electron chi connectivity index (χ1n) is 9.80. The number of carbonyl (C=O) groups excluding carboxylic acids is 1. The average Bonchev–Trinajstić information content (AvgIpc) is 2.67. The second kappa shape index (κ2) is 9.05. The van der Waals surface area contributed by atoms with Crippen molar-refractivity contribution in [3.05, 3.63) is 65.7 Å². The van der Waals surface area contributed by atoms with E-state index in [4.69, 9.17) is 4.74 Å². The number of nitrogens with zero attached hydrogens (tertiary/aromatic N) is 2. The highest BCUT2D eigenvalue weighted by Crippen LogP contribution is 2.18. The third kappa shape index (κ3) is 5.33. The van der Waals surface area contributed by atoms with E-state index in [1.165, 1.54) is 11.1 Å². The summed E-state index contributed by atoms with van der Waals surface area (Å²) < 4.78 is 5.67. The van der Waals surface area contributed by atoms with Crippen molar-refractivity contribution in [2.75, 3.05) is 26.2 Å². The fourth-order valence-corrected chi connectivity index (χ4v) is 3.77. The Balaban J connectivity index is 1.49. The Morgan fingerprint density at radius 1 is 1.00 bits per heavy atom. The molecule has 3 rings (SSSR count). The van der Waals surface area contributed by atoms with Gasteiger partial charge in [-0.3, -0.25) is 9.69 Å². The SMILES string of the molecule is Cc1ccc(OCC(=O)N2CC(C)N(CCc3ccccc3)C(C)C2)cc1. The van der Waals surface area contributed by atoms with Gasteiger partial charge in [0.2, 0.25) is 0 Å². The summed E-state index contributed by atoms with van der Waals surface area (Å²) >= 11 is 0. The van der Waals surface area contributed by atoms with Gasteiger partial charge in [-0.2, -0.15) is 0 Å². The molecule has 1 fully saturated rings. The van der Waals surface area contributed by atoms with Crippen LogP contribution in [0.15, 0.2) is 54.6 Å². The van der Waals surface area contributed by atoms with Crippen LogP contribution in [0.4, 0.5) is 0 Å². The Bertz CT molecular complexity index is 718. The van der Waals surface area contributed by atoms with Crippen LogP contribution in [0.5, 0.6) is 5.75 Å². The zero-order valence-corrected chi connectivity index (χ0v) is 16.6. The second-order valence-electron chi connectivity index (χ2n) is 7.57. The van der Waals surface area contributed by atoms with E-state index in [1.807, 2.05) is 36.1 Å². The number of rotatable bonds is 6. The lowest BCUT2D eigenvalue weighted by atomic mass is 10.1. The van der Waals surface area contributed by atoms with E-state index in [0.717, 1.165) is 31.8 Å². The second-order valence-corrected chi connectivity index (χ2v) is 7.57. The molecule has 0 radical (unpaired) electrons. The van der Waals surface area contributed by atoms with Crippen LogP contribution in [0, 0.1) is 6.92 Å². The molecule has 0 saturated carbocycles. The number of benzene rings is 2. The Labute approximate surface area is 162 Å². The summed E-state index contributed by atoms with van der Waals surface area (Å²) in [5.74, 6) is 0.813. The Morgan fingerprint density at radius 2 is 1.63 bits per heavy atom. The van der Waals surface area contributed by atoms with Crippen molar-refractivity contribution in [2.45, 2.75) is 39.3 Å². The molecule has 0 N–H and O–H groups in total. The van der Waals surface area contributed by atoms with Gasteiger partial charge in [0.1, 0.15) is 5.75 Å². The molecular weight excluding hydrogens is 336 g/mol. The summed E-state index contributed by atoms with van der Waals surface area (Å²) in [6.07, 6.45) is 1.04. The van der Waals surface area contributed by atoms with Gasteiger partial charge in [0.25, 0.3) is 5.91 Å². The van der Waals surface area contributed by atoms with Crippen LogP contribution in [-0.4, -0.2) is 54.0 Å². The summed E-state index contributed by atoms with van der Waals surface area (Å²) in [6.45, 7) is 9.10. The highest BCUT2D eigenvalue weighted by molar-refractivity contribution is 5.78. The lowest BCUT2D eigenvalue weighted by Crippen LogP contribution is -2.59. The van der Waals surface area contributed by atoms with Crippen LogP contribution in [0.1, 0.15) is 25.0 Å². The number of piperazine rings is 1. The van der Waals surface area contributed by atoms with Gasteiger partial charge in [-0.1, -0.05) is 48.0 Å². The zero-order chi connectivity index (χ0) is 19.2. The van der Waals surface area contributed by atoms with Crippen LogP contribution in [0.25, 0.3) is 0 Å². The van der Waals surface area contributed by atoms with Crippen LogP contribution < -0.4 is 4.74 Å². The van der Waals surface area contributed by atoms with Gasteiger partial charge in [-0.05, 0) is 44.9 Å². The summed E-state index contributed by atoms with van der Waals surface area (Å²) in [7, 11) is 0.